The van der Waals surface area contributed by atoms with Gasteiger partial charge in [0.25, 0.3) is 0 Å². The lowest BCUT2D eigenvalue weighted by Gasteiger charge is -2.09. The number of halogens is 2. The number of Topliss-reactive ketones (excluding diaryl/α,β-unsaturated/α-hetero) is 1. The summed E-state index contributed by atoms with van der Waals surface area (Å²) in [5.74, 6) is -1.07. The second kappa shape index (κ2) is 6.01. The minimum Gasteiger partial charge on any atom is -0.292 e. The maximum absolute atomic E-state index is 12.4. The van der Waals surface area contributed by atoms with Crippen molar-refractivity contribution in [3.63, 3.8) is 0 Å². The van der Waals surface area contributed by atoms with Gasteiger partial charge in [0.05, 0.1) is 6.07 Å². The number of nitrogens with zero attached hydrogens (tertiary/aromatic N) is 1. The van der Waals surface area contributed by atoms with Crippen molar-refractivity contribution < 1.29 is 4.79 Å². The highest BCUT2D eigenvalue weighted by molar-refractivity contribution is 9.10. The molecule has 0 saturated carbocycles. The van der Waals surface area contributed by atoms with Gasteiger partial charge in [0, 0.05) is 15.1 Å². The van der Waals surface area contributed by atoms with Crippen LogP contribution in [0.5, 0.6) is 0 Å². The molecule has 2 aromatic rings. The van der Waals surface area contributed by atoms with E-state index in [1.54, 1.807) is 42.5 Å². The van der Waals surface area contributed by atoms with Gasteiger partial charge in [-0.15, -0.1) is 0 Å². The van der Waals surface area contributed by atoms with Gasteiger partial charge in [-0.3, -0.25) is 4.79 Å². The van der Waals surface area contributed by atoms with E-state index in [1.165, 1.54) is 0 Å². The molecule has 0 N–H and O–H groups in total. The van der Waals surface area contributed by atoms with Crippen LogP contribution in [0.2, 0.25) is 5.02 Å². The number of nitriles is 1. The molecule has 0 radical (unpaired) electrons. The Kier molecular flexibility index (Phi) is 4.36. The Hall–Kier alpha value is -1.63. The van der Waals surface area contributed by atoms with Crippen LogP contribution in [0.1, 0.15) is 21.8 Å². The Morgan fingerprint density at radius 2 is 1.89 bits per heavy atom. The maximum Gasteiger partial charge on any atom is 0.184 e. The molecule has 2 aromatic carbocycles. The van der Waals surface area contributed by atoms with Gasteiger partial charge in [0.1, 0.15) is 5.92 Å². The number of rotatable bonds is 3. The summed E-state index contributed by atoms with van der Waals surface area (Å²) >= 11 is 9.21. The number of hydrogen-bond acceptors (Lipinski definition) is 2. The molecule has 1 atom stereocenters. The molecular formula is C15H9BrClNO. The normalized spacial score (nSPS) is 11.6. The Balaban J connectivity index is 2.40. The van der Waals surface area contributed by atoms with Gasteiger partial charge in [0.2, 0.25) is 0 Å². The monoisotopic (exact) mass is 333 g/mol. The van der Waals surface area contributed by atoms with E-state index in [1.807, 2.05) is 12.1 Å². The summed E-state index contributed by atoms with van der Waals surface area (Å²) in [5, 5.41) is 9.69. The Bertz CT molecular complexity index is 629. The second-order valence-electron chi connectivity index (χ2n) is 4.00. The second-order valence-corrected chi connectivity index (χ2v) is 5.35. The molecule has 1 unspecified atom stereocenters. The quantitative estimate of drug-likeness (QED) is 0.770. The fourth-order valence-corrected chi connectivity index (χ4v) is 2.65. The topological polar surface area (TPSA) is 40.9 Å². The van der Waals surface area contributed by atoms with Crippen LogP contribution in [0.25, 0.3) is 0 Å². The van der Waals surface area contributed by atoms with Crippen LogP contribution < -0.4 is 0 Å². The summed E-state index contributed by atoms with van der Waals surface area (Å²) < 4.78 is 0.716. The van der Waals surface area contributed by atoms with E-state index in [0.29, 0.717) is 20.6 Å². The molecule has 4 heteroatoms. The lowest BCUT2D eigenvalue weighted by Crippen LogP contribution is -2.11. The van der Waals surface area contributed by atoms with Crippen LogP contribution in [0.4, 0.5) is 0 Å². The van der Waals surface area contributed by atoms with E-state index < -0.39 is 5.92 Å². The Labute approximate surface area is 124 Å². The van der Waals surface area contributed by atoms with Gasteiger partial charge < -0.3 is 0 Å². The van der Waals surface area contributed by atoms with Crippen LogP contribution in [0.3, 0.4) is 0 Å². The highest BCUT2D eigenvalue weighted by Gasteiger charge is 2.22. The van der Waals surface area contributed by atoms with Crippen molar-refractivity contribution in [1.82, 2.24) is 0 Å². The molecule has 0 aliphatic carbocycles. The minimum absolute atomic E-state index is 0.253. The van der Waals surface area contributed by atoms with Gasteiger partial charge in [0.15, 0.2) is 5.78 Å². The summed E-state index contributed by atoms with van der Waals surface area (Å²) in [5.41, 5.74) is 1.11. The van der Waals surface area contributed by atoms with Gasteiger partial charge in [-0.2, -0.15) is 5.26 Å². The maximum atomic E-state index is 12.4. The summed E-state index contributed by atoms with van der Waals surface area (Å²) in [7, 11) is 0. The third kappa shape index (κ3) is 3.23. The number of ketones is 1. The van der Waals surface area contributed by atoms with Crippen molar-refractivity contribution >= 4 is 33.3 Å². The fourth-order valence-electron chi connectivity index (χ4n) is 1.79. The number of carbonyl (C=O) groups is 1. The SMILES string of the molecule is N#CC(C(=O)c1cc(Cl)cc(Br)c1)c1ccccc1. The van der Waals surface area contributed by atoms with Crippen LogP contribution >= 0.6 is 27.5 Å². The van der Waals surface area contributed by atoms with Crippen LogP contribution in [0, 0.1) is 11.3 Å². The van der Waals surface area contributed by atoms with E-state index in [-0.39, 0.29) is 5.78 Å². The lowest BCUT2D eigenvalue weighted by molar-refractivity contribution is 0.0979. The molecule has 0 amide bonds. The molecule has 0 aromatic heterocycles. The van der Waals surface area contributed by atoms with Gasteiger partial charge in [-0.05, 0) is 23.8 Å². The van der Waals surface area contributed by atoms with E-state index in [9.17, 15) is 10.1 Å². The molecular weight excluding hydrogens is 326 g/mol. The van der Waals surface area contributed by atoms with Crippen molar-refractivity contribution in [1.29, 1.82) is 5.26 Å². The molecule has 0 aliphatic heterocycles. The molecule has 94 valence electrons. The van der Waals surface area contributed by atoms with Crippen LogP contribution in [-0.4, -0.2) is 5.78 Å². The summed E-state index contributed by atoms with van der Waals surface area (Å²) in [6, 6.07) is 16.0. The summed E-state index contributed by atoms with van der Waals surface area (Å²) in [4.78, 5) is 12.4. The lowest BCUT2D eigenvalue weighted by atomic mass is 9.92. The Morgan fingerprint density at radius 3 is 2.47 bits per heavy atom. The average molecular weight is 335 g/mol. The van der Waals surface area contributed by atoms with Gasteiger partial charge in [-0.25, -0.2) is 0 Å². The minimum atomic E-state index is -0.813. The molecule has 19 heavy (non-hydrogen) atoms. The zero-order valence-corrected chi connectivity index (χ0v) is 12.1. The number of hydrogen-bond donors (Lipinski definition) is 0. The van der Waals surface area contributed by atoms with Crippen molar-refractivity contribution in [2.24, 2.45) is 0 Å². The summed E-state index contributed by atoms with van der Waals surface area (Å²) in [6.45, 7) is 0. The highest BCUT2D eigenvalue weighted by Crippen LogP contribution is 2.25. The average Bonchev–Trinajstić information content (AvgIpc) is 2.39. The highest BCUT2D eigenvalue weighted by atomic mass is 79.9. The molecule has 0 spiro atoms. The summed E-state index contributed by atoms with van der Waals surface area (Å²) in [6.07, 6.45) is 0. The van der Waals surface area contributed by atoms with Crippen LogP contribution in [0.15, 0.2) is 53.0 Å². The smallest absolute Gasteiger partial charge is 0.184 e. The largest absolute Gasteiger partial charge is 0.292 e. The van der Waals surface area contributed by atoms with Crippen molar-refractivity contribution in [3.8, 4) is 6.07 Å². The zero-order valence-electron chi connectivity index (χ0n) is 9.81. The van der Waals surface area contributed by atoms with Crippen molar-refractivity contribution in [3.05, 3.63) is 69.2 Å². The first-order chi connectivity index (χ1) is 9.11. The standard InChI is InChI=1S/C15H9BrClNO/c16-12-6-11(7-13(17)8-12)15(19)14(9-18)10-4-2-1-3-5-10/h1-8,14H. The molecule has 0 fully saturated rings. The molecule has 2 nitrogen and oxygen atoms in total. The Morgan fingerprint density at radius 1 is 1.21 bits per heavy atom. The van der Waals surface area contributed by atoms with E-state index in [2.05, 4.69) is 15.9 Å². The fraction of sp³-hybridized carbons (Fsp3) is 0.0667. The first-order valence-corrected chi connectivity index (χ1v) is 6.74. The molecule has 0 aliphatic rings. The number of carbonyl (C=O) groups excluding carboxylic acids is 1. The first kappa shape index (κ1) is 13.8. The van der Waals surface area contributed by atoms with Gasteiger partial charge in [-0.1, -0.05) is 57.9 Å². The molecule has 0 bridgehead atoms. The molecule has 0 saturated heterocycles. The van der Waals surface area contributed by atoms with Crippen LogP contribution in [-0.2, 0) is 0 Å². The van der Waals surface area contributed by atoms with Gasteiger partial charge >= 0.3 is 0 Å². The zero-order chi connectivity index (χ0) is 13.8. The van der Waals surface area contributed by atoms with Crippen molar-refractivity contribution in [2.75, 3.05) is 0 Å². The van der Waals surface area contributed by atoms with E-state index >= 15 is 0 Å². The third-order valence-electron chi connectivity index (χ3n) is 2.67. The molecule has 0 heterocycles. The molecule has 2 rings (SSSR count). The first-order valence-electron chi connectivity index (χ1n) is 5.56. The third-order valence-corrected chi connectivity index (χ3v) is 3.35. The number of benzene rings is 2. The predicted molar refractivity (Wildman–Crippen MR) is 78.3 cm³/mol. The van der Waals surface area contributed by atoms with Crippen molar-refractivity contribution in [2.45, 2.75) is 5.92 Å². The van der Waals surface area contributed by atoms with E-state index in [0.717, 1.165) is 0 Å². The van der Waals surface area contributed by atoms with E-state index in [4.69, 9.17) is 11.6 Å². The predicted octanol–water partition coefficient (Wildman–Crippen LogP) is 4.59.